The molecule has 116 valence electrons. The van der Waals surface area contributed by atoms with E-state index in [9.17, 15) is 0 Å². The summed E-state index contributed by atoms with van der Waals surface area (Å²) in [4.78, 5) is 0. The third-order valence-electron chi connectivity index (χ3n) is 5.35. The molecule has 0 aliphatic heterocycles. The highest BCUT2D eigenvalue weighted by Crippen LogP contribution is 2.40. The van der Waals surface area contributed by atoms with Gasteiger partial charge in [-0.15, -0.1) is 0 Å². The first kappa shape index (κ1) is 15.3. The molecule has 0 saturated heterocycles. The second kappa shape index (κ2) is 6.68. The zero-order chi connectivity index (χ0) is 14.7. The van der Waals surface area contributed by atoms with Crippen molar-refractivity contribution in [3.05, 3.63) is 34.9 Å². The van der Waals surface area contributed by atoms with Crippen molar-refractivity contribution in [1.29, 1.82) is 0 Å². The maximum absolute atomic E-state index is 6.52. The zero-order valence-corrected chi connectivity index (χ0v) is 13.8. The Bertz CT molecular complexity index is 472. The van der Waals surface area contributed by atoms with Gasteiger partial charge in [-0.2, -0.15) is 0 Å². The fraction of sp³-hybridized carbons (Fsp3) is 0.667. The van der Waals surface area contributed by atoms with E-state index < -0.39 is 0 Å². The molecule has 2 fully saturated rings. The van der Waals surface area contributed by atoms with Crippen molar-refractivity contribution in [2.24, 2.45) is 5.92 Å². The molecule has 2 N–H and O–H groups in total. The predicted molar refractivity (Wildman–Crippen MR) is 89.8 cm³/mol. The van der Waals surface area contributed by atoms with Crippen LogP contribution in [-0.2, 0) is 5.54 Å². The number of benzene rings is 1. The Balaban J connectivity index is 1.79. The van der Waals surface area contributed by atoms with E-state index in [2.05, 4.69) is 29.8 Å². The second-order valence-electron chi connectivity index (χ2n) is 6.69. The van der Waals surface area contributed by atoms with Crippen molar-refractivity contribution in [3.8, 4) is 0 Å². The van der Waals surface area contributed by atoms with E-state index in [0.717, 1.165) is 23.9 Å². The van der Waals surface area contributed by atoms with Crippen molar-refractivity contribution < 1.29 is 0 Å². The minimum absolute atomic E-state index is 0.0137. The van der Waals surface area contributed by atoms with Gasteiger partial charge in [-0.25, -0.2) is 0 Å². The first-order valence-corrected chi connectivity index (χ1v) is 8.81. The lowest BCUT2D eigenvalue weighted by Crippen LogP contribution is -2.58. The molecule has 2 aliphatic carbocycles. The van der Waals surface area contributed by atoms with Gasteiger partial charge in [0.05, 0.1) is 5.54 Å². The number of hydrogen-bond donors (Lipinski definition) is 2. The van der Waals surface area contributed by atoms with Crippen molar-refractivity contribution in [2.75, 3.05) is 13.6 Å². The fourth-order valence-corrected chi connectivity index (χ4v) is 4.20. The predicted octanol–water partition coefficient (Wildman–Crippen LogP) is 4.09. The van der Waals surface area contributed by atoms with Crippen LogP contribution in [0.15, 0.2) is 24.3 Å². The monoisotopic (exact) mass is 306 g/mol. The van der Waals surface area contributed by atoms with Crippen molar-refractivity contribution >= 4 is 11.6 Å². The number of nitrogens with one attached hydrogen (secondary N) is 2. The first-order valence-electron chi connectivity index (χ1n) is 8.43. The van der Waals surface area contributed by atoms with Crippen LogP contribution in [0.4, 0.5) is 0 Å². The molecule has 0 unspecified atom stereocenters. The second-order valence-corrected chi connectivity index (χ2v) is 7.09. The average Bonchev–Trinajstić information content (AvgIpc) is 3.33. The van der Waals surface area contributed by atoms with Crippen LogP contribution in [0.3, 0.4) is 0 Å². The molecule has 0 aromatic heterocycles. The Morgan fingerprint density at radius 1 is 1.19 bits per heavy atom. The molecule has 3 heteroatoms. The molecule has 0 bridgehead atoms. The molecule has 0 radical (unpaired) electrons. The lowest BCUT2D eigenvalue weighted by molar-refractivity contribution is 0.177. The minimum atomic E-state index is -0.0137. The van der Waals surface area contributed by atoms with Gasteiger partial charge in [0.2, 0.25) is 0 Å². The Kier molecular flexibility index (Phi) is 4.88. The van der Waals surface area contributed by atoms with Gasteiger partial charge in [0.1, 0.15) is 0 Å². The molecule has 2 saturated carbocycles. The summed E-state index contributed by atoms with van der Waals surface area (Å²) in [7, 11) is 2.09. The van der Waals surface area contributed by atoms with E-state index >= 15 is 0 Å². The van der Waals surface area contributed by atoms with E-state index in [0.29, 0.717) is 6.04 Å². The summed E-state index contributed by atoms with van der Waals surface area (Å²) in [5, 5.41) is 8.36. The SMILES string of the molecule is CN[C@@]1(c2ccccc2Cl)CCCC[C@@H]1NCCC1CC1. The highest BCUT2D eigenvalue weighted by molar-refractivity contribution is 6.31. The van der Waals surface area contributed by atoms with E-state index in [1.165, 1.54) is 44.1 Å². The molecule has 2 nitrogen and oxygen atoms in total. The van der Waals surface area contributed by atoms with Crippen LogP contribution in [0, 0.1) is 5.92 Å². The standard InChI is InChI=1S/C18H27ClN2/c1-20-18(15-6-2-3-7-16(15)19)12-5-4-8-17(18)21-13-11-14-9-10-14/h2-3,6-7,14,17,20-21H,4-5,8-13H2,1H3/t17-,18+/m0/s1. The van der Waals surface area contributed by atoms with Gasteiger partial charge < -0.3 is 10.6 Å². The van der Waals surface area contributed by atoms with Gasteiger partial charge in [-0.3, -0.25) is 0 Å². The molecule has 1 aromatic carbocycles. The van der Waals surface area contributed by atoms with E-state index in [1.807, 2.05) is 12.1 Å². The summed E-state index contributed by atoms with van der Waals surface area (Å²) in [6.07, 6.45) is 9.19. The van der Waals surface area contributed by atoms with Gasteiger partial charge in [0, 0.05) is 11.1 Å². The fourth-order valence-electron chi connectivity index (χ4n) is 3.90. The lowest BCUT2D eigenvalue weighted by Gasteiger charge is -2.45. The van der Waals surface area contributed by atoms with Gasteiger partial charge >= 0.3 is 0 Å². The van der Waals surface area contributed by atoms with Crippen LogP contribution in [0.1, 0.15) is 50.5 Å². The first-order chi connectivity index (χ1) is 10.3. The van der Waals surface area contributed by atoms with Crippen LogP contribution in [0.2, 0.25) is 5.02 Å². The summed E-state index contributed by atoms with van der Waals surface area (Å²) in [6.45, 7) is 1.14. The van der Waals surface area contributed by atoms with Gasteiger partial charge in [0.15, 0.2) is 0 Å². The third kappa shape index (κ3) is 3.28. The van der Waals surface area contributed by atoms with Gasteiger partial charge in [-0.05, 0) is 50.4 Å². The summed E-state index contributed by atoms with van der Waals surface area (Å²) in [5.41, 5.74) is 1.25. The number of hydrogen-bond acceptors (Lipinski definition) is 2. The molecule has 0 heterocycles. The summed E-state index contributed by atoms with van der Waals surface area (Å²) >= 11 is 6.52. The molecule has 2 atom stereocenters. The van der Waals surface area contributed by atoms with E-state index in [4.69, 9.17) is 11.6 Å². The van der Waals surface area contributed by atoms with Crippen LogP contribution in [-0.4, -0.2) is 19.6 Å². The molecule has 0 spiro atoms. The van der Waals surface area contributed by atoms with Gasteiger partial charge in [-0.1, -0.05) is 55.5 Å². The Morgan fingerprint density at radius 2 is 2.00 bits per heavy atom. The largest absolute Gasteiger partial charge is 0.312 e. The number of rotatable bonds is 6. The smallest absolute Gasteiger partial charge is 0.0602 e. The highest BCUT2D eigenvalue weighted by Gasteiger charge is 2.41. The van der Waals surface area contributed by atoms with Crippen LogP contribution in [0.5, 0.6) is 0 Å². The van der Waals surface area contributed by atoms with E-state index in [-0.39, 0.29) is 5.54 Å². The molecule has 0 amide bonds. The van der Waals surface area contributed by atoms with Crippen molar-refractivity contribution in [2.45, 2.75) is 56.5 Å². The van der Waals surface area contributed by atoms with Crippen molar-refractivity contribution in [3.63, 3.8) is 0 Å². The zero-order valence-electron chi connectivity index (χ0n) is 13.0. The number of likely N-dealkylation sites (N-methyl/N-ethyl adjacent to an activating group) is 1. The number of halogens is 1. The Hall–Kier alpha value is -0.570. The molecule has 21 heavy (non-hydrogen) atoms. The molecule has 1 aromatic rings. The quantitative estimate of drug-likeness (QED) is 0.827. The normalized spacial score (nSPS) is 29.5. The van der Waals surface area contributed by atoms with E-state index in [1.54, 1.807) is 0 Å². The lowest BCUT2D eigenvalue weighted by atomic mass is 9.72. The highest BCUT2D eigenvalue weighted by atomic mass is 35.5. The summed E-state index contributed by atoms with van der Waals surface area (Å²) in [6, 6.07) is 8.82. The average molecular weight is 307 g/mol. The molecular weight excluding hydrogens is 280 g/mol. The van der Waals surface area contributed by atoms with Crippen molar-refractivity contribution in [1.82, 2.24) is 10.6 Å². The van der Waals surface area contributed by atoms with Crippen LogP contribution >= 0.6 is 11.6 Å². The Morgan fingerprint density at radius 3 is 2.71 bits per heavy atom. The molecule has 2 aliphatic rings. The maximum atomic E-state index is 6.52. The van der Waals surface area contributed by atoms with Crippen LogP contribution < -0.4 is 10.6 Å². The Labute approximate surface area is 133 Å². The summed E-state index contributed by atoms with van der Waals surface area (Å²) in [5.74, 6) is 0.991. The minimum Gasteiger partial charge on any atom is -0.312 e. The van der Waals surface area contributed by atoms with Gasteiger partial charge in [0.25, 0.3) is 0 Å². The van der Waals surface area contributed by atoms with Crippen LogP contribution in [0.25, 0.3) is 0 Å². The summed E-state index contributed by atoms with van der Waals surface area (Å²) < 4.78 is 0. The third-order valence-corrected chi connectivity index (χ3v) is 5.68. The maximum Gasteiger partial charge on any atom is 0.0602 e. The molecule has 3 rings (SSSR count). The molecular formula is C18H27ClN2. The topological polar surface area (TPSA) is 24.1 Å².